The molecule has 1 aromatic carbocycles. The topological polar surface area (TPSA) is 67.3 Å². The number of hydrogen-bond donors (Lipinski definition) is 2. The van der Waals surface area contributed by atoms with Crippen molar-refractivity contribution in [2.24, 2.45) is 0 Å². The lowest BCUT2D eigenvalue weighted by atomic mass is 10.2. The van der Waals surface area contributed by atoms with Crippen LogP contribution in [-0.4, -0.2) is 22.1 Å². The van der Waals surface area contributed by atoms with E-state index < -0.39 is 0 Å². The largest absolute Gasteiger partial charge is 0.439 e. The van der Waals surface area contributed by atoms with Gasteiger partial charge in [-0.3, -0.25) is 0 Å². The minimum atomic E-state index is -0.0101. The van der Waals surface area contributed by atoms with Gasteiger partial charge in [-0.1, -0.05) is 19.1 Å². The van der Waals surface area contributed by atoms with Crippen LogP contribution in [0, 0.1) is 0 Å². The number of hydrogen-bond acceptors (Lipinski definition) is 5. The second-order valence-corrected chi connectivity index (χ2v) is 4.42. The highest BCUT2D eigenvalue weighted by Crippen LogP contribution is 2.22. The van der Waals surface area contributed by atoms with Crippen LogP contribution in [0.25, 0.3) is 0 Å². The van der Waals surface area contributed by atoms with Gasteiger partial charge in [-0.15, -0.1) is 0 Å². The van der Waals surface area contributed by atoms with E-state index in [2.05, 4.69) is 22.2 Å². The highest BCUT2D eigenvalue weighted by atomic mass is 16.5. The standard InChI is InChI=1S/C15H19N3O2/c1-3-5-13-17-14(16-2)9-15(18-13)20-12-7-4-6-11(8-12)10-19/h4,6-9,19H,3,5,10H2,1-2H3,(H,16,17,18). The number of aromatic nitrogens is 2. The van der Waals surface area contributed by atoms with Gasteiger partial charge in [0.25, 0.3) is 0 Å². The lowest BCUT2D eigenvalue weighted by molar-refractivity contribution is 0.281. The Bertz CT molecular complexity index is 573. The summed E-state index contributed by atoms with van der Waals surface area (Å²) in [5.74, 6) is 2.65. The number of anilines is 1. The van der Waals surface area contributed by atoms with E-state index in [0.717, 1.165) is 30.0 Å². The number of aliphatic hydroxyl groups excluding tert-OH is 1. The summed E-state index contributed by atoms with van der Waals surface area (Å²) in [5.41, 5.74) is 0.805. The summed E-state index contributed by atoms with van der Waals surface area (Å²) in [6.45, 7) is 2.07. The molecule has 106 valence electrons. The van der Waals surface area contributed by atoms with Crippen molar-refractivity contribution in [3.05, 3.63) is 41.7 Å². The zero-order valence-electron chi connectivity index (χ0n) is 11.8. The molecule has 0 radical (unpaired) electrons. The molecule has 0 fully saturated rings. The van der Waals surface area contributed by atoms with Crippen LogP contribution >= 0.6 is 0 Å². The van der Waals surface area contributed by atoms with Gasteiger partial charge in [-0.05, 0) is 24.1 Å². The third kappa shape index (κ3) is 3.68. The maximum Gasteiger partial charge on any atom is 0.224 e. The van der Waals surface area contributed by atoms with Crippen LogP contribution in [0.4, 0.5) is 5.82 Å². The van der Waals surface area contributed by atoms with E-state index in [-0.39, 0.29) is 6.61 Å². The molecule has 0 aliphatic rings. The Labute approximate surface area is 118 Å². The molecule has 0 aliphatic carbocycles. The molecule has 5 heteroatoms. The van der Waals surface area contributed by atoms with Crippen LogP contribution in [0.5, 0.6) is 11.6 Å². The van der Waals surface area contributed by atoms with Crippen LogP contribution in [0.15, 0.2) is 30.3 Å². The van der Waals surface area contributed by atoms with E-state index in [0.29, 0.717) is 11.6 Å². The number of aliphatic hydroxyl groups is 1. The Hall–Kier alpha value is -2.14. The number of rotatable bonds is 6. The highest BCUT2D eigenvalue weighted by molar-refractivity contribution is 5.40. The van der Waals surface area contributed by atoms with E-state index in [9.17, 15) is 0 Å². The van der Waals surface area contributed by atoms with Crippen LogP contribution < -0.4 is 10.1 Å². The lowest BCUT2D eigenvalue weighted by Crippen LogP contribution is -2.02. The van der Waals surface area contributed by atoms with E-state index in [4.69, 9.17) is 9.84 Å². The van der Waals surface area contributed by atoms with Gasteiger partial charge in [0, 0.05) is 19.5 Å². The van der Waals surface area contributed by atoms with Crippen molar-refractivity contribution in [2.75, 3.05) is 12.4 Å². The fourth-order valence-electron chi connectivity index (χ4n) is 1.82. The maximum absolute atomic E-state index is 9.13. The quantitative estimate of drug-likeness (QED) is 0.847. The highest BCUT2D eigenvalue weighted by Gasteiger charge is 2.06. The fraction of sp³-hybridized carbons (Fsp3) is 0.333. The first-order valence-electron chi connectivity index (χ1n) is 6.68. The van der Waals surface area contributed by atoms with Crippen molar-refractivity contribution in [1.29, 1.82) is 0 Å². The smallest absolute Gasteiger partial charge is 0.224 e. The van der Waals surface area contributed by atoms with E-state index in [1.165, 1.54) is 0 Å². The van der Waals surface area contributed by atoms with Crippen LogP contribution in [-0.2, 0) is 13.0 Å². The number of ether oxygens (including phenoxy) is 1. The molecule has 20 heavy (non-hydrogen) atoms. The van der Waals surface area contributed by atoms with Gasteiger partial charge in [0.15, 0.2) is 0 Å². The van der Waals surface area contributed by atoms with Gasteiger partial charge < -0.3 is 15.2 Å². The Balaban J connectivity index is 2.24. The molecule has 2 aromatic rings. The average Bonchev–Trinajstić information content (AvgIpc) is 2.47. The van der Waals surface area contributed by atoms with Gasteiger partial charge in [-0.25, -0.2) is 4.98 Å². The normalized spacial score (nSPS) is 10.3. The molecule has 5 nitrogen and oxygen atoms in total. The van der Waals surface area contributed by atoms with Crippen molar-refractivity contribution in [3.63, 3.8) is 0 Å². The predicted octanol–water partition coefficient (Wildman–Crippen LogP) is 2.76. The molecular weight excluding hydrogens is 254 g/mol. The third-order valence-corrected chi connectivity index (χ3v) is 2.78. The van der Waals surface area contributed by atoms with Crippen molar-refractivity contribution in [1.82, 2.24) is 9.97 Å². The monoisotopic (exact) mass is 273 g/mol. The average molecular weight is 273 g/mol. The molecule has 1 aromatic heterocycles. The van der Waals surface area contributed by atoms with Crippen molar-refractivity contribution in [2.45, 2.75) is 26.4 Å². The molecule has 0 spiro atoms. The fourth-order valence-corrected chi connectivity index (χ4v) is 1.82. The summed E-state index contributed by atoms with van der Waals surface area (Å²) in [5, 5.41) is 12.1. The van der Waals surface area contributed by atoms with Gasteiger partial charge in [0.05, 0.1) is 6.61 Å². The van der Waals surface area contributed by atoms with Crippen molar-refractivity contribution >= 4 is 5.82 Å². The van der Waals surface area contributed by atoms with E-state index >= 15 is 0 Å². The van der Waals surface area contributed by atoms with E-state index in [1.54, 1.807) is 12.1 Å². The van der Waals surface area contributed by atoms with Crippen molar-refractivity contribution in [3.8, 4) is 11.6 Å². The first-order chi connectivity index (χ1) is 9.75. The molecule has 0 saturated carbocycles. The minimum Gasteiger partial charge on any atom is -0.439 e. The first kappa shape index (κ1) is 14.3. The Morgan fingerprint density at radius 2 is 2.10 bits per heavy atom. The van der Waals surface area contributed by atoms with Gasteiger partial charge in [-0.2, -0.15) is 4.98 Å². The summed E-state index contributed by atoms with van der Waals surface area (Å²) in [7, 11) is 1.81. The van der Waals surface area contributed by atoms with Gasteiger partial charge >= 0.3 is 0 Å². The first-order valence-corrected chi connectivity index (χ1v) is 6.68. The molecule has 0 bridgehead atoms. The van der Waals surface area contributed by atoms with Crippen molar-refractivity contribution < 1.29 is 9.84 Å². The summed E-state index contributed by atoms with van der Waals surface area (Å²) in [6.07, 6.45) is 1.79. The second kappa shape index (κ2) is 6.86. The molecule has 2 N–H and O–H groups in total. The third-order valence-electron chi connectivity index (χ3n) is 2.78. The number of benzene rings is 1. The zero-order chi connectivity index (χ0) is 14.4. The predicted molar refractivity (Wildman–Crippen MR) is 78.0 cm³/mol. The Morgan fingerprint density at radius 1 is 1.25 bits per heavy atom. The SMILES string of the molecule is CCCc1nc(NC)cc(Oc2cccc(CO)c2)n1. The maximum atomic E-state index is 9.13. The van der Waals surface area contributed by atoms with Gasteiger partial charge in [0.1, 0.15) is 17.4 Å². The number of aryl methyl sites for hydroxylation is 1. The van der Waals surface area contributed by atoms with Crippen LogP contribution in [0.3, 0.4) is 0 Å². The molecular formula is C15H19N3O2. The Morgan fingerprint density at radius 3 is 2.80 bits per heavy atom. The summed E-state index contributed by atoms with van der Waals surface area (Å²) in [6, 6.07) is 9.06. The summed E-state index contributed by atoms with van der Waals surface area (Å²) in [4.78, 5) is 8.76. The molecule has 0 atom stereocenters. The van der Waals surface area contributed by atoms with E-state index in [1.807, 2.05) is 25.2 Å². The number of nitrogens with one attached hydrogen (secondary N) is 1. The molecule has 0 unspecified atom stereocenters. The molecule has 2 rings (SSSR count). The lowest BCUT2D eigenvalue weighted by Gasteiger charge is -2.09. The zero-order valence-corrected chi connectivity index (χ0v) is 11.8. The summed E-state index contributed by atoms with van der Waals surface area (Å²) < 4.78 is 5.75. The number of nitrogens with zero attached hydrogens (tertiary/aromatic N) is 2. The molecule has 0 saturated heterocycles. The molecule has 1 heterocycles. The van der Waals surface area contributed by atoms with Gasteiger partial charge in [0.2, 0.25) is 5.88 Å². The molecule has 0 aliphatic heterocycles. The minimum absolute atomic E-state index is 0.0101. The summed E-state index contributed by atoms with van der Waals surface area (Å²) >= 11 is 0. The second-order valence-electron chi connectivity index (χ2n) is 4.42. The van der Waals surface area contributed by atoms with Crippen LogP contribution in [0.1, 0.15) is 24.7 Å². The molecule has 0 amide bonds. The van der Waals surface area contributed by atoms with Crippen LogP contribution in [0.2, 0.25) is 0 Å². The Kier molecular flexibility index (Phi) is 4.90.